The van der Waals surface area contributed by atoms with Crippen LogP contribution in [0.3, 0.4) is 0 Å². The molecule has 2 rings (SSSR count). The van der Waals surface area contributed by atoms with Crippen molar-refractivity contribution < 1.29 is 0 Å². The lowest BCUT2D eigenvalue weighted by molar-refractivity contribution is 0.802. The highest BCUT2D eigenvalue weighted by Gasteiger charge is 2.20. The second-order valence-electron chi connectivity index (χ2n) is 3.82. The van der Waals surface area contributed by atoms with E-state index in [0.29, 0.717) is 5.92 Å². The number of aromatic nitrogens is 1. The predicted octanol–water partition coefficient (Wildman–Crippen LogP) is 3.39. The highest BCUT2D eigenvalue weighted by atomic mass is 79.9. The largest absolute Gasteiger partial charge is 0.361 e. The van der Waals surface area contributed by atoms with Crippen molar-refractivity contribution >= 4 is 15.9 Å². The topological polar surface area (TPSA) is 15.8 Å². The van der Waals surface area contributed by atoms with Crippen molar-refractivity contribution in [2.75, 3.05) is 0 Å². The van der Waals surface area contributed by atoms with Gasteiger partial charge in [0.05, 0.1) is 0 Å². The third-order valence-corrected chi connectivity index (χ3v) is 3.49. The van der Waals surface area contributed by atoms with Crippen molar-refractivity contribution in [1.29, 1.82) is 0 Å². The van der Waals surface area contributed by atoms with Gasteiger partial charge in [-0.2, -0.15) is 0 Å². The van der Waals surface area contributed by atoms with Gasteiger partial charge in [0.15, 0.2) is 0 Å². The van der Waals surface area contributed by atoms with Crippen LogP contribution in [-0.2, 0) is 12.8 Å². The number of hydrogen-bond donors (Lipinski definition) is 1. The fraction of sp³-hybridized carbons (Fsp3) is 0.600. The minimum absolute atomic E-state index is 0.602. The Balaban J connectivity index is 2.47. The lowest BCUT2D eigenvalue weighted by atomic mass is 10.1. The maximum atomic E-state index is 3.67. The van der Waals surface area contributed by atoms with Crippen molar-refractivity contribution in [1.82, 2.24) is 4.98 Å². The zero-order valence-corrected chi connectivity index (χ0v) is 9.16. The van der Waals surface area contributed by atoms with E-state index in [4.69, 9.17) is 0 Å². The van der Waals surface area contributed by atoms with E-state index in [9.17, 15) is 0 Å². The first-order valence-electron chi connectivity index (χ1n) is 4.59. The summed E-state index contributed by atoms with van der Waals surface area (Å²) in [6, 6.07) is 0. The minimum Gasteiger partial charge on any atom is -0.361 e. The van der Waals surface area contributed by atoms with Crippen LogP contribution >= 0.6 is 15.9 Å². The van der Waals surface area contributed by atoms with Crippen molar-refractivity contribution in [2.45, 2.75) is 39.0 Å². The van der Waals surface area contributed by atoms with E-state index >= 15 is 0 Å². The molecule has 1 aromatic heterocycles. The maximum absolute atomic E-state index is 3.67. The molecule has 1 aliphatic carbocycles. The van der Waals surface area contributed by atoms with Gasteiger partial charge in [-0.15, -0.1) is 0 Å². The van der Waals surface area contributed by atoms with Crippen LogP contribution in [0.2, 0.25) is 0 Å². The van der Waals surface area contributed by atoms with E-state index in [1.165, 1.54) is 40.7 Å². The van der Waals surface area contributed by atoms with Crippen LogP contribution in [0.25, 0.3) is 0 Å². The van der Waals surface area contributed by atoms with Gasteiger partial charge in [-0.25, -0.2) is 0 Å². The van der Waals surface area contributed by atoms with E-state index in [1.807, 2.05) is 0 Å². The van der Waals surface area contributed by atoms with E-state index in [-0.39, 0.29) is 0 Å². The summed E-state index contributed by atoms with van der Waals surface area (Å²) in [6.45, 7) is 4.46. The van der Waals surface area contributed by atoms with Gasteiger partial charge in [-0.1, -0.05) is 13.8 Å². The quantitative estimate of drug-likeness (QED) is 0.758. The molecular weight excluding hydrogens is 214 g/mol. The van der Waals surface area contributed by atoms with E-state index in [1.54, 1.807) is 0 Å². The average Bonchev–Trinajstić information content (AvgIpc) is 2.53. The molecule has 1 N–H and O–H groups in total. The summed E-state index contributed by atoms with van der Waals surface area (Å²) in [5.74, 6) is 0.602. The second-order valence-corrected chi connectivity index (χ2v) is 4.61. The maximum Gasteiger partial charge on any atom is 0.0420 e. The van der Waals surface area contributed by atoms with Crippen LogP contribution in [0.1, 0.15) is 43.1 Å². The molecule has 0 saturated carbocycles. The molecule has 2 heteroatoms. The number of halogens is 1. The number of rotatable bonds is 1. The molecule has 12 heavy (non-hydrogen) atoms. The van der Waals surface area contributed by atoms with Crippen molar-refractivity contribution in [3.8, 4) is 0 Å². The van der Waals surface area contributed by atoms with E-state index in [0.717, 1.165) is 0 Å². The Kier molecular flexibility index (Phi) is 2.03. The van der Waals surface area contributed by atoms with Gasteiger partial charge in [0.1, 0.15) is 0 Å². The fourth-order valence-corrected chi connectivity index (χ4v) is 2.90. The Morgan fingerprint density at radius 3 is 2.67 bits per heavy atom. The lowest BCUT2D eigenvalue weighted by Crippen LogP contribution is -1.90. The van der Waals surface area contributed by atoms with Crippen molar-refractivity contribution in [3.05, 3.63) is 21.4 Å². The SMILES string of the molecule is CC(C)c1[nH]c2c(c1Br)CCC2. The zero-order valence-electron chi connectivity index (χ0n) is 7.58. The Morgan fingerprint density at radius 2 is 2.08 bits per heavy atom. The van der Waals surface area contributed by atoms with Gasteiger partial charge < -0.3 is 4.98 Å². The van der Waals surface area contributed by atoms with E-state index in [2.05, 4.69) is 34.8 Å². The number of nitrogens with one attached hydrogen (secondary N) is 1. The Morgan fingerprint density at radius 1 is 1.33 bits per heavy atom. The molecule has 1 aromatic rings. The lowest BCUT2D eigenvalue weighted by Gasteiger charge is -2.03. The molecule has 1 aliphatic rings. The first-order chi connectivity index (χ1) is 5.70. The summed E-state index contributed by atoms with van der Waals surface area (Å²) < 4.78 is 1.34. The summed E-state index contributed by atoms with van der Waals surface area (Å²) in [6.07, 6.45) is 3.80. The number of aryl methyl sites for hydroxylation is 1. The monoisotopic (exact) mass is 227 g/mol. The zero-order chi connectivity index (χ0) is 8.72. The molecule has 0 amide bonds. The predicted molar refractivity (Wildman–Crippen MR) is 54.6 cm³/mol. The van der Waals surface area contributed by atoms with Crippen molar-refractivity contribution in [3.63, 3.8) is 0 Å². The number of fused-ring (bicyclic) bond motifs is 1. The van der Waals surface area contributed by atoms with Crippen LogP contribution in [0.15, 0.2) is 4.47 Å². The van der Waals surface area contributed by atoms with Gasteiger partial charge in [0.25, 0.3) is 0 Å². The molecule has 1 heterocycles. The molecule has 0 spiro atoms. The highest BCUT2D eigenvalue weighted by Crippen LogP contribution is 2.35. The first kappa shape index (κ1) is 8.36. The molecule has 1 nitrogen and oxygen atoms in total. The van der Waals surface area contributed by atoms with Crippen LogP contribution in [0.5, 0.6) is 0 Å². The molecule has 0 aromatic carbocycles. The molecule has 0 aliphatic heterocycles. The summed E-state index contributed by atoms with van der Waals surface area (Å²) >= 11 is 3.67. The van der Waals surface area contributed by atoms with Gasteiger partial charge in [-0.05, 0) is 46.7 Å². The van der Waals surface area contributed by atoms with Gasteiger partial charge >= 0.3 is 0 Å². The van der Waals surface area contributed by atoms with Crippen molar-refractivity contribution in [2.24, 2.45) is 0 Å². The molecule has 66 valence electrons. The Hall–Kier alpha value is -0.240. The summed E-state index contributed by atoms with van der Waals surface area (Å²) in [7, 11) is 0. The molecule has 0 fully saturated rings. The van der Waals surface area contributed by atoms with Gasteiger partial charge in [-0.3, -0.25) is 0 Å². The number of H-pyrrole nitrogens is 1. The van der Waals surface area contributed by atoms with Gasteiger partial charge in [0.2, 0.25) is 0 Å². The van der Waals surface area contributed by atoms with Crippen LogP contribution in [0, 0.1) is 0 Å². The molecule has 0 saturated heterocycles. The van der Waals surface area contributed by atoms with Crippen LogP contribution in [0.4, 0.5) is 0 Å². The summed E-state index contributed by atoms with van der Waals surface area (Å²) in [5, 5.41) is 0. The first-order valence-corrected chi connectivity index (χ1v) is 5.38. The third kappa shape index (κ3) is 1.13. The molecule has 0 unspecified atom stereocenters. The standard InChI is InChI=1S/C10H14BrN/c1-6(2)10-9(11)7-4-3-5-8(7)12-10/h6,12H,3-5H2,1-2H3. The average molecular weight is 228 g/mol. The summed E-state index contributed by atoms with van der Waals surface area (Å²) in [4.78, 5) is 3.51. The molecule has 0 atom stereocenters. The normalized spacial score (nSPS) is 15.7. The fourth-order valence-electron chi connectivity index (χ4n) is 1.90. The number of hydrogen-bond acceptors (Lipinski definition) is 0. The molecule has 0 bridgehead atoms. The Labute approximate surface area is 81.7 Å². The molecular formula is C10H14BrN. The third-order valence-electron chi connectivity index (χ3n) is 2.58. The van der Waals surface area contributed by atoms with Crippen LogP contribution in [-0.4, -0.2) is 4.98 Å². The second kappa shape index (κ2) is 2.91. The van der Waals surface area contributed by atoms with E-state index < -0.39 is 0 Å². The summed E-state index contributed by atoms with van der Waals surface area (Å²) in [5.41, 5.74) is 4.36. The highest BCUT2D eigenvalue weighted by molar-refractivity contribution is 9.10. The van der Waals surface area contributed by atoms with Crippen LogP contribution < -0.4 is 0 Å². The number of aromatic amines is 1. The minimum atomic E-state index is 0.602. The van der Waals surface area contributed by atoms with Gasteiger partial charge in [0, 0.05) is 15.9 Å². The molecule has 0 radical (unpaired) electrons. The smallest absolute Gasteiger partial charge is 0.0420 e. The Bertz CT molecular complexity index is 299.